The minimum absolute atomic E-state index is 0.581. The minimum Gasteiger partial charge on any atom is -0.316 e. The smallest absolute Gasteiger partial charge is 0.0738 e. The summed E-state index contributed by atoms with van der Waals surface area (Å²) in [6.07, 6.45) is 8.05. The van der Waals surface area contributed by atoms with E-state index in [1.807, 2.05) is 0 Å². The van der Waals surface area contributed by atoms with Crippen molar-refractivity contribution in [2.45, 2.75) is 65.0 Å². The zero-order valence-electron chi connectivity index (χ0n) is 12.4. The Kier molecular flexibility index (Phi) is 5.46. The summed E-state index contributed by atoms with van der Waals surface area (Å²) in [6.45, 7) is 5.19. The van der Waals surface area contributed by atoms with Gasteiger partial charge in [0, 0.05) is 19.0 Å². The molecule has 2 rings (SSSR count). The molecule has 0 bridgehead atoms. The molecule has 1 aliphatic rings. The van der Waals surface area contributed by atoms with Crippen molar-refractivity contribution in [3.05, 3.63) is 15.9 Å². The highest BCUT2D eigenvalue weighted by atomic mass is 79.9. The molecule has 0 radical (unpaired) electrons. The summed E-state index contributed by atoms with van der Waals surface area (Å²) in [6, 6.07) is 0.581. The molecule has 1 aromatic rings. The summed E-state index contributed by atoms with van der Waals surface area (Å²) in [5, 5.41) is 8.15. The number of halogens is 1. The van der Waals surface area contributed by atoms with Crippen molar-refractivity contribution in [3.8, 4) is 0 Å². The van der Waals surface area contributed by atoms with Crippen molar-refractivity contribution >= 4 is 15.9 Å². The number of aryl methyl sites for hydroxylation is 2. The SMILES string of the molecule is CCn1nc(C)c(Br)c1CC(NC)C1CCCCC1. The van der Waals surface area contributed by atoms with Crippen LogP contribution in [0.25, 0.3) is 0 Å². The van der Waals surface area contributed by atoms with E-state index in [0.717, 1.165) is 24.6 Å². The molecule has 1 aromatic heterocycles. The second-order valence-corrected chi connectivity index (χ2v) is 6.45. The molecule has 0 amide bonds. The second-order valence-electron chi connectivity index (χ2n) is 5.66. The van der Waals surface area contributed by atoms with Crippen LogP contribution in [-0.2, 0) is 13.0 Å². The van der Waals surface area contributed by atoms with Crippen molar-refractivity contribution in [2.24, 2.45) is 5.92 Å². The molecule has 0 saturated heterocycles. The molecule has 0 spiro atoms. The molecular formula is C15H26BrN3. The van der Waals surface area contributed by atoms with Gasteiger partial charge in [0.05, 0.1) is 15.9 Å². The van der Waals surface area contributed by atoms with Crippen LogP contribution >= 0.6 is 15.9 Å². The van der Waals surface area contributed by atoms with Crippen LogP contribution in [0, 0.1) is 12.8 Å². The maximum Gasteiger partial charge on any atom is 0.0738 e. The Hall–Kier alpha value is -0.350. The zero-order valence-corrected chi connectivity index (χ0v) is 14.0. The fourth-order valence-corrected chi connectivity index (χ4v) is 3.76. The van der Waals surface area contributed by atoms with Crippen LogP contribution in [0.3, 0.4) is 0 Å². The first-order valence-corrected chi connectivity index (χ1v) is 8.35. The van der Waals surface area contributed by atoms with Gasteiger partial charge in [0.15, 0.2) is 0 Å². The van der Waals surface area contributed by atoms with E-state index in [1.165, 1.54) is 42.3 Å². The summed E-state index contributed by atoms with van der Waals surface area (Å²) in [7, 11) is 2.10. The monoisotopic (exact) mass is 327 g/mol. The van der Waals surface area contributed by atoms with E-state index in [2.05, 4.69) is 51.9 Å². The van der Waals surface area contributed by atoms with E-state index in [9.17, 15) is 0 Å². The Labute approximate surface area is 125 Å². The zero-order chi connectivity index (χ0) is 13.8. The summed E-state index contributed by atoms with van der Waals surface area (Å²) in [5.74, 6) is 0.825. The van der Waals surface area contributed by atoms with Gasteiger partial charge in [-0.05, 0) is 55.6 Å². The number of nitrogens with one attached hydrogen (secondary N) is 1. The second kappa shape index (κ2) is 6.89. The van der Waals surface area contributed by atoms with Crippen LogP contribution in [0.15, 0.2) is 4.47 Å². The molecule has 1 unspecified atom stereocenters. The topological polar surface area (TPSA) is 29.9 Å². The highest BCUT2D eigenvalue weighted by Gasteiger charge is 2.25. The lowest BCUT2D eigenvalue weighted by molar-refractivity contribution is 0.273. The molecule has 4 heteroatoms. The predicted octanol–water partition coefficient (Wildman–Crippen LogP) is 3.68. The van der Waals surface area contributed by atoms with E-state index in [-0.39, 0.29) is 0 Å². The Morgan fingerprint density at radius 2 is 2.05 bits per heavy atom. The van der Waals surface area contributed by atoms with E-state index in [0.29, 0.717) is 6.04 Å². The number of rotatable bonds is 5. The number of likely N-dealkylation sites (N-methyl/N-ethyl adjacent to an activating group) is 1. The molecular weight excluding hydrogens is 302 g/mol. The lowest BCUT2D eigenvalue weighted by Crippen LogP contribution is -2.37. The van der Waals surface area contributed by atoms with Gasteiger partial charge in [-0.3, -0.25) is 4.68 Å². The first kappa shape index (κ1) is 15.0. The van der Waals surface area contributed by atoms with Gasteiger partial charge in [-0.25, -0.2) is 0 Å². The first-order chi connectivity index (χ1) is 9.17. The Morgan fingerprint density at radius 3 is 2.63 bits per heavy atom. The normalized spacial score (nSPS) is 18.7. The van der Waals surface area contributed by atoms with E-state index >= 15 is 0 Å². The molecule has 1 aliphatic carbocycles. The molecule has 108 valence electrons. The van der Waals surface area contributed by atoms with Crippen LogP contribution in [-0.4, -0.2) is 22.9 Å². The number of aromatic nitrogens is 2. The fourth-order valence-electron chi connectivity index (χ4n) is 3.31. The van der Waals surface area contributed by atoms with E-state index < -0.39 is 0 Å². The van der Waals surface area contributed by atoms with Gasteiger partial charge in [0.1, 0.15) is 0 Å². The average Bonchev–Trinajstić information content (AvgIpc) is 2.72. The highest BCUT2D eigenvalue weighted by Crippen LogP contribution is 2.30. The first-order valence-electron chi connectivity index (χ1n) is 7.56. The lowest BCUT2D eigenvalue weighted by Gasteiger charge is -2.30. The standard InChI is InChI=1S/C15H26BrN3/c1-4-19-14(15(16)11(2)18-19)10-13(17-3)12-8-6-5-7-9-12/h12-13,17H,4-10H2,1-3H3. The Morgan fingerprint density at radius 1 is 1.37 bits per heavy atom. The molecule has 0 aromatic carbocycles. The minimum atomic E-state index is 0.581. The van der Waals surface area contributed by atoms with Crippen LogP contribution in [0.5, 0.6) is 0 Å². The quantitative estimate of drug-likeness (QED) is 0.893. The van der Waals surface area contributed by atoms with Crippen LogP contribution in [0.2, 0.25) is 0 Å². The largest absolute Gasteiger partial charge is 0.316 e. The van der Waals surface area contributed by atoms with Crippen molar-refractivity contribution in [1.82, 2.24) is 15.1 Å². The summed E-state index contributed by atoms with van der Waals surface area (Å²) in [5.41, 5.74) is 2.46. The van der Waals surface area contributed by atoms with Crippen molar-refractivity contribution in [3.63, 3.8) is 0 Å². The van der Waals surface area contributed by atoms with Gasteiger partial charge < -0.3 is 5.32 Å². The number of nitrogens with zero attached hydrogens (tertiary/aromatic N) is 2. The van der Waals surface area contributed by atoms with E-state index in [1.54, 1.807) is 0 Å². The van der Waals surface area contributed by atoms with Gasteiger partial charge in [-0.1, -0.05) is 19.3 Å². The maximum atomic E-state index is 4.60. The molecule has 19 heavy (non-hydrogen) atoms. The van der Waals surface area contributed by atoms with Crippen molar-refractivity contribution in [1.29, 1.82) is 0 Å². The molecule has 0 aliphatic heterocycles. The maximum absolute atomic E-state index is 4.60. The van der Waals surface area contributed by atoms with Crippen LogP contribution < -0.4 is 5.32 Å². The number of hydrogen-bond acceptors (Lipinski definition) is 2. The molecule has 1 heterocycles. The molecule has 1 fully saturated rings. The van der Waals surface area contributed by atoms with Gasteiger partial charge >= 0.3 is 0 Å². The highest BCUT2D eigenvalue weighted by molar-refractivity contribution is 9.10. The van der Waals surface area contributed by atoms with E-state index in [4.69, 9.17) is 0 Å². The molecule has 3 nitrogen and oxygen atoms in total. The fraction of sp³-hybridized carbons (Fsp3) is 0.800. The third-order valence-electron chi connectivity index (χ3n) is 4.46. The van der Waals surface area contributed by atoms with Crippen molar-refractivity contribution < 1.29 is 0 Å². The summed E-state index contributed by atoms with van der Waals surface area (Å²) in [4.78, 5) is 0. The summed E-state index contributed by atoms with van der Waals surface area (Å²) < 4.78 is 3.34. The van der Waals surface area contributed by atoms with Gasteiger partial charge in [0.25, 0.3) is 0 Å². The van der Waals surface area contributed by atoms with Gasteiger partial charge in [0.2, 0.25) is 0 Å². The Bertz CT molecular complexity index is 408. The molecule has 1 saturated carbocycles. The van der Waals surface area contributed by atoms with Crippen molar-refractivity contribution in [2.75, 3.05) is 7.05 Å². The van der Waals surface area contributed by atoms with Crippen LogP contribution in [0.1, 0.15) is 50.4 Å². The molecule has 1 N–H and O–H groups in total. The number of hydrogen-bond donors (Lipinski definition) is 1. The third kappa shape index (κ3) is 3.40. The van der Waals surface area contributed by atoms with Crippen LogP contribution in [0.4, 0.5) is 0 Å². The predicted molar refractivity (Wildman–Crippen MR) is 83.5 cm³/mol. The van der Waals surface area contributed by atoms with Gasteiger partial charge in [-0.15, -0.1) is 0 Å². The van der Waals surface area contributed by atoms with Gasteiger partial charge in [-0.2, -0.15) is 5.10 Å². The lowest BCUT2D eigenvalue weighted by atomic mass is 9.82. The summed E-state index contributed by atoms with van der Waals surface area (Å²) >= 11 is 3.71. The third-order valence-corrected chi connectivity index (χ3v) is 5.49. The Balaban J connectivity index is 2.13. The average molecular weight is 328 g/mol. The molecule has 1 atom stereocenters.